The number of nitrogens with one attached hydrogen (secondary N) is 4. The third-order valence-electron chi connectivity index (χ3n) is 7.21. The molecule has 13 nitrogen and oxygen atoms in total. The van der Waals surface area contributed by atoms with Crippen LogP contribution in [-0.2, 0) is 22.5 Å². The van der Waals surface area contributed by atoms with Crippen molar-refractivity contribution >= 4 is 52.9 Å². The number of carbonyl (C=O) groups excluding carboxylic acids is 3. The minimum absolute atomic E-state index is 0.117. The molecule has 4 heterocycles. The van der Waals surface area contributed by atoms with Gasteiger partial charge in [0.05, 0.1) is 18.8 Å². The molecule has 46 heavy (non-hydrogen) atoms. The minimum Gasteiger partial charge on any atom is -0.453 e. The van der Waals surface area contributed by atoms with Gasteiger partial charge in [0.2, 0.25) is 5.91 Å². The second-order valence-electron chi connectivity index (χ2n) is 10.2. The number of imidazole rings is 1. The van der Waals surface area contributed by atoms with Gasteiger partial charge in [-0.05, 0) is 76.5 Å². The molecular weight excluding hydrogens is 633 g/mol. The highest BCUT2D eigenvalue weighted by Gasteiger charge is 2.23. The number of hydrogen-bond acceptors (Lipinski definition) is 8. The number of aromatic amines is 1. The number of aromatic nitrogens is 6. The first-order valence-electron chi connectivity index (χ1n) is 13.9. The Hall–Kier alpha value is -5.53. The van der Waals surface area contributed by atoms with Crippen molar-refractivity contribution in [2.45, 2.75) is 19.0 Å². The third-order valence-corrected chi connectivity index (χ3v) is 7.72. The van der Waals surface area contributed by atoms with Gasteiger partial charge in [0, 0.05) is 40.0 Å². The first kappa shape index (κ1) is 30.5. The molecule has 4 bridgehead atoms. The number of carbonyl (C=O) groups is 3. The molecule has 0 saturated heterocycles. The molecular formula is C31H25Cl2N9O4. The Morgan fingerprint density at radius 3 is 2.67 bits per heavy atom. The van der Waals surface area contributed by atoms with Crippen LogP contribution in [0.2, 0.25) is 10.2 Å². The Kier molecular flexibility index (Phi) is 8.76. The summed E-state index contributed by atoms with van der Waals surface area (Å²) in [4.78, 5) is 46.1. The van der Waals surface area contributed by atoms with Crippen LogP contribution in [0.5, 0.6) is 0 Å². The standard InChI is InChI=1S/C31H25Cl2N9O4/c1-46-31(45)36-22-8-9-23-20(14-22)15-34-30(44)18-4-2-17(3-5-18)12-24(29-38-27(23)28(33)39-29)37-26(43)11-6-19-13-21(32)7-10-25(19)42-16-35-40-41-42/h2-11,13-14,16,24H,12,15H2,1H3,(H,34,44)(H,36,45)(H,37,43)(H,38,39)/t24-/m0/s1. The van der Waals surface area contributed by atoms with Gasteiger partial charge in [-0.3, -0.25) is 14.9 Å². The van der Waals surface area contributed by atoms with Crippen LogP contribution in [0.15, 0.2) is 73.1 Å². The SMILES string of the molecule is COC(=O)Nc1ccc2c(c1)CNC(=O)c1ccc(cc1)C[C@H](NC(=O)C=Cc1cc(Cl)ccc1-n1cnnn1)c1nc-2c(Cl)[nH]1. The minimum atomic E-state index is -0.639. The quantitative estimate of drug-likeness (QED) is 0.194. The van der Waals surface area contributed by atoms with Gasteiger partial charge in [-0.25, -0.2) is 9.78 Å². The fourth-order valence-electron chi connectivity index (χ4n) is 4.98. The van der Waals surface area contributed by atoms with E-state index in [9.17, 15) is 14.4 Å². The lowest BCUT2D eigenvalue weighted by molar-refractivity contribution is -0.117. The number of ether oxygens (including phenoxy) is 1. The monoisotopic (exact) mass is 657 g/mol. The Morgan fingerprint density at radius 2 is 1.91 bits per heavy atom. The molecule has 2 aliphatic heterocycles. The van der Waals surface area contributed by atoms with Crippen molar-refractivity contribution in [3.05, 3.63) is 111 Å². The molecule has 0 radical (unpaired) electrons. The van der Waals surface area contributed by atoms with Crippen LogP contribution in [0.3, 0.4) is 0 Å². The van der Waals surface area contributed by atoms with Crippen LogP contribution in [-0.4, -0.2) is 55.2 Å². The Bertz CT molecular complexity index is 1960. The second kappa shape index (κ2) is 13.2. The molecule has 2 aliphatic rings. The number of rotatable bonds is 5. The third kappa shape index (κ3) is 6.75. The molecule has 0 saturated carbocycles. The maximum atomic E-state index is 13.3. The van der Waals surface area contributed by atoms with Crippen LogP contribution >= 0.6 is 23.2 Å². The predicted octanol–water partition coefficient (Wildman–Crippen LogP) is 4.89. The first-order chi connectivity index (χ1) is 22.3. The normalized spacial score (nSPS) is 14.3. The molecule has 0 unspecified atom stereocenters. The van der Waals surface area contributed by atoms with Gasteiger partial charge >= 0.3 is 6.09 Å². The number of nitrogens with zero attached hydrogens (tertiary/aromatic N) is 5. The summed E-state index contributed by atoms with van der Waals surface area (Å²) >= 11 is 12.9. The van der Waals surface area contributed by atoms with Crippen LogP contribution in [0.4, 0.5) is 10.5 Å². The second-order valence-corrected chi connectivity index (χ2v) is 11.0. The molecule has 3 aromatic carbocycles. The highest BCUT2D eigenvalue weighted by Crippen LogP contribution is 2.33. The van der Waals surface area contributed by atoms with Crippen molar-refractivity contribution in [3.63, 3.8) is 0 Å². The van der Waals surface area contributed by atoms with E-state index >= 15 is 0 Å². The summed E-state index contributed by atoms with van der Waals surface area (Å²) in [5, 5.41) is 20.6. The van der Waals surface area contributed by atoms with Crippen molar-refractivity contribution in [2.75, 3.05) is 12.4 Å². The molecule has 5 aromatic rings. The number of tetrazole rings is 1. The van der Waals surface area contributed by atoms with E-state index in [0.29, 0.717) is 56.6 Å². The zero-order valence-electron chi connectivity index (χ0n) is 24.1. The fourth-order valence-corrected chi connectivity index (χ4v) is 5.40. The van der Waals surface area contributed by atoms with E-state index in [1.807, 2.05) is 12.1 Å². The van der Waals surface area contributed by atoms with E-state index < -0.39 is 18.0 Å². The summed E-state index contributed by atoms with van der Waals surface area (Å²) in [6.07, 6.45) is 4.14. The molecule has 0 spiro atoms. The van der Waals surface area contributed by atoms with Crippen molar-refractivity contribution in [1.82, 2.24) is 40.8 Å². The van der Waals surface area contributed by atoms with E-state index in [1.54, 1.807) is 54.6 Å². The molecule has 15 heteroatoms. The average Bonchev–Trinajstić information content (AvgIpc) is 3.73. The summed E-state index contributed by atoms with van der Waals surface area (Å²) in [5.41, 5.74) is 4.70. The first-order valence-corrected chi connectivity index (χ1v) is 14.7. The lowest BCUT2D eigenvalue weighted by Gasteiger charge is -2.17. The van der Waals surface area contributed by atoms with Crippen molar-refractivity contribution in [2.24, 2.45) is 0 Å². The molecule has 7 rings (SSSR count). The number of H-pyrrole nitrogens is 1. The van der Waals surface area contributed by atoms with Gasteiger partial charge in [0.1, 0.15) is 23.0 Å². The summed E-state index contributed by atoms with van der Waals surface area (Å²) in [6.45, 7) is 0.117. The molecule has 232 valence electrons. The van der Waals surface area contributed by atoms with Crippen LogP contribution in [0.25, 0.3) is 23.0 Å². The highest BCUT2D eigenvalue weighted by molar-refractivity contribution is 6.32. The Balaban J connectivity index is 1.35. The van der Waals surface area contributed by atoms with Gasteiger partial charge in [0.15, 0.2) is 0 Å². The lowest BCUT2D eigenvalue weighted by atomic mass is 10.0. The van der Waals surface area contributed by atoms with Crippen LogP contribution in [0.1, 0.15) is 38.9 Å². The molecule has 4 N–H and O–H groups in total. The number of halogens is 2. The number of methoxy groups -OCH3 is 1. The molecule has 0 aliphatic carbocycles. The number of hydrogen-bond donors (Lipinski definition) is 4. The maximum absolute atomic E-state index is 13.3. The maximum Gasteiger partial charge on any atom is 0.411 e. The van der Waals surface area contributed by atoms with Crippen LogP contribution < -0.4 is 16.0 Å². The topological polar surface area (TPSA) is 169 Å². The van der Waals surface area contributed by atoms with Gasteiger partial charge in [0.25, 0.3) is 5.91 Å². The highest BCUT2D eigenvalue weighted by atomic mass is 35.5. The number of anilines is 1. The zero-order valence-corrected chi connectivity index (χ0v) is 25.6. The van der Waals surface area contributed by atoms with Crippen molar-refractivity contribution < 1.29 is 19.1 Å². The number of benzene rings is 3. The summed E-state index contributed by atoms with van der Waals surface area (Å²) in [6, 6.07) is 16.7. The van der Waals surface area contributed by atoms with E-state index in [4.69, 9.17) is 32.9 Å². The van der Waals surface area contributed by atoms with Crippen molar-refractivity contribution in [3.8, 4) is 16.9 Å². The Labute approximate surface area is 272 Å². The van der Waals surface area contributed by atoms with Crippen LogP contribution in [0, 0.1) is 0 Å². The van der Waals surface area contributed by atoms with Gasteiger partial charge in [-0.1, -0.05) is 41.4 Å². The van der Waals surface area contributed by atoms with Gasteiger partial charge < -0.3 is 20.4 Å². The molecule has 1 atom stereocenters. The van der Waals surface area contributed by atoms with Gasteiger partial charge in [-0.15, -0.1) is 5.10 Å². The smallest absolute Gasteiger partial charge is 0.411 e. The van der Waals surface area contributed by atoms with E-state index in [1.165, 1.54) is 24.2 Å². The summed E-state index contributed by atoms with van der Waals surface area (Å²) < 4.78 is 6.18. The number of amides is 3. The number of fused-ring (bicyclic) bond motifs is 5. The average molecular weight is 659 g/mol. The molecule has 0 fully saturated rings. The summed E-state index contributed by atoms with van der Waals surface area (Å²) in [7, 11) is 1.27. The predicted molar refractivity (Wildman–Crippen MR) is 170 cm³/mol. The lowest BCUT2D eigenvalue weighted by Crippen LogP contribution is -2.29. The zero-order chi connectivity index (χ0) is 32.2. The van der Waals surface area contributed by atoms with E-state index in [0.717, 1.165) is 5.56 Å². The summed E-state index contributed by atoms with van der Waals surface area (Å²) in [5.74, 6) is -0.267. The fraction of sp³-hybridized carbons (Fsp3) is 0.129. The van der Waals surface area contributed by atoms with E-state index in [-0.39, 0.29) is 17.6 Å². The Morgan fingerprint density at radius 1 is 1.09 bits per heavy atom. The van der Waals surface area contributed by atoms with E-state index in [2.05, 4.69) is 36.5 Å². The van der Waals surface area contributed by atoms with Crippen molar-refractivity contribution in [1.29, 1.82) is 0 Å². The van der Waals surface area contributed by atoms with Gasteiger partial charge in [-0.2, -0.15) is 4.68 Å². The molecule has 3 amide bonds. The largest absolute Gasteiger partial charge is 0.453 e. The molecule has 2 aromatic heterocycles.